The number of hydrogen-bond acceptors (Lipinski definition) is 0. The monoisotopic (exact) mass is 250 g/mol. The van der Waals surface area contributed by atoms with Crippen molar-refractivity contribution >= 4 is 22.6 Å². The summed E-state index contributed by atoms with van der Waals surface area (Å²) in [5, 5.41) is 0. The molecule has 2 saturated carbocycles. The van der Waals surface area contributed by atoms with Gasteiger partial charge in [-0.1, -0.05) is 35.9 Å². The van der Waals surface area contributed by atoms with Crippen molar-refractivity contribution < 1.29 is 0 Å². The Bertz CT molecular complexity index is 131. The van der Waals surface area contributed by atoms with Crippen LogP contribution in [0.4, 0.5) is 0 Å². The zero-order chi connectivity index (χ0) is 7.14. The third-order valence-electron chi connectivity index (χ3n) is 3.39. The van der Waals surface area contributed by atoms with Crippen molar-refractivity contribution in [1.29, 1.82) is 0 Å². The summed E-state index contributed by atoms with van der Waals surface area (Å²) in [7, 11) is 0. The summed E-state index contributed by atoms with van der Waals surface area (Å²) in [6.45, 7) is 2.36. The highest BCUT2D eigenvalue weighted by Gasteiger charge is 2.43. The summed E-state index contributed by atoms with van der Waals surface area (Å²) in [4.78, 5) is 0. The van der Waals surface area contributed by atoms with Gasteiger partial charge in [0, 0.05) is 3.92 Å². The molecule has 2 aliphatic rings. The highest BCUT2D eigenvalue weighted by Crippen LogP contribution is 2.52. The van der Waals surface area contributed by atoms with Crippen molar-refractivity contribution in [2.24, 2.45) is 17.8 Å². The predicted molar refractivity (Wildman–Crippen MR) is 52.4 cm³/mol. The molecule has 1 heteroatoms. The standard InChI is InChI=1S/C9H15I/c1-2-7-3-6-4-8(7)9(10)5-6/h6-9H,2-5H2,1H3/t6-,7?,8?,9?/m0/s1. The Morgan fingerprint density at radius 3 is 2.50 bits per heavy atom. The molecular formula is C9H15I. The molecule has 0 radical (unpaired) electrons. The van der Waals surface area contributed by atoms with Crippen LogP contribution < -0.4 is 0 Å². The van der Waals surface area contributed by atoms with E-state index in [0.717, 1.165) is 21.7 Å². The normalized spacial score (nSPS) is 52.2. The van der Waals surface area contributed by atoms with Gasteiger partial charge in [-0.3, -0.25) is 0 Å². The summed E-state index contributed by atoms with van der Waals surface area (Å²) in [6.07, 6.45) is 6.08. The fraction of sp³-hybridized carbons (Fsp3) is 1.00. The molecule has 0 N–H and O–H groups in total. The minimum absolute atomic E-state index is 1.03. The molecule has 2 fully saturated rings. The Morgan fingerprint density at radius 2 is 2.10 bits per heavy atom. The number of halogens is 1. The van der Waals surface area contributed by atoms with Gasteiger partial charge in [0.2, 0.25) is 0 Å². The van der Waals surface area contributed by atoms with E-state index in [1.54, 1.807) is 12.8 Å². The van der Waals surface area contributed by atoms with Gasteiger partial charge in [0.05, 0.1) is 0 Å². The van der Waals surface area contributed by atoms with E-state index < -0.39 is 0 Å². The number of rotatable bonds is 1. The van der Waals surface area contributed by atoms with E-state index in [-0.39, 0.29) is 0 Å². The predicted octanol–water partition coefficient (Wildman–Crippen LogP) is 3.25. The second-order valence-electron chi connectivity index (χ2n) is 3.92. The first kappa shape index (κ1) is 7.38. The van der Waals surface area contributed by atoms with Crippen molar-refractivity contribution in [2.45, 2.75) is 36.5 Å². The fourth-order valence-electron chi connectivity index (χ4n) is 2.87. The average Bonchev–Trinajstić information content (AvgIpc) is 2.44. The van der Waals surface area contributed by atoms with E-state index in [9.17, 15) is 0 Å². The van der Waals surface area contributed by atoms with Gasteiger partial charge >= 0.3 is 0 Å². The van der Waals surface area contributed by atoms with Gasteiger partial charge in [0.25, 0.3) is 0 Å². The molecule has 58 valence electrons. The number of hydrogen-bond donors (Lipinski definition) is 0. The van der Waals surface area contributed by atoms with Gasteiger partial charge < -0.3 is 0 Å². The first-order valence-electron chi connectivity index (χ1n) is 4.45. The third-order valence-corrected chi connectivity index (χ3v) is 4.83. The Labute approximate surface area is 76.9 Å². The van der Waals surface area contributed by atoms with Crippen LogP contribution in [0.3, 0.4) is 0 Å². The Hall–Kier alpha value is 0.730. The van der Waals surface area contributed by atoms with E-state index in [2.05, 4.69) is 29.5 Å². The number of fused-ring (bicyclic) bond motifs is 2. The van der Waals surface area contributed by atoms with Crippen molar-refractivity contribution in [1.82, 2.24) is 0 Å². The quantitative estimate of drug-likeness (QED) is 0.495. The largest absolute Gasteiger partial charge is 0.0823 e. The van der Waals surface area contributed by atoms with E-state index in [4.69, 9.17) is 0 Å². The molecule has 0 heterocycles. The maximum atomic E-state index is 2.66. The lowest BCUT2D eigenvalue weighted by Gasteiger charge is -2.24. The molecule has 0 amide bonds. The lowest BCUT2D eigenvalue weighted by Crippen LogP contribution is -2.18. The van der Waals surface area contributed by atoms with Crippen LogP contribution in [0.2, 0.25) is 0 Å². The summed E-state index contributed by atoms with van der Waals surface area (Å²) >= 11 is 2.66. The Balaban J connectivity index is 2.06. The smallest absolute Gasteiger partial charge is 0.0143 e. The van der Waals surface area contributed by atoms with Crippen LogP contribution in [0, 0.1) is 17.8 Å². The molecule has 0 aromatic heterocycles. The van der Waals surface area contributed by atoms with Crippen LogP contribution in [0.25, 0.3) is 0 Å². The first-order valence-corrected chi connectivity index (χ1v) is 5.70. The molecule has 0 saturated heterocycles. The van der Waals surface area contributed by atoms with Crippen LogP contribution in [-0.4, -0.2) is 3.92 Å². The SMILES string of the molecule is CCC1C[C@@H]2CC(I)C1C2. The molecule has 0 nitrogen and oxygen atoms in total. The van der Waals surface area contributed by atoms with Crippen LogP contribution in [-0.2, 0) is 0 Å². The van der Waals surface area contributed by atoms with Crippen LogP contribution in [0.1, 0.15) is 32.6 Å². The maximum absolute atomic E-state index is 2.66. The summed E-state index contributed by atoms with van der Waals surface area (Å²) < 4.78 is 1.03. The van der Waals surface area contributed by atoms with Gasteiger partial charge in [-0.15, -0.1) is 0 Å². The summed E-state index contributed by atoms with van der Waals surface area (Å²) in [6, 6.07) is 0. The van der Waals surface area contributed by atoms with Crippen molar-refractivity contribution in [2.75, 3.05) is 0 Å². The summed E-state index contributed by atoms with van der Waals surface area (Å²) in [5.41, 5.74) is 0. The van der Waals surface area contributed by atoms with Crippen molar-refractivity contribution in [3.63, 3.8) is 0 Å². The van der Waals surface area contributed by atoms with E-state index in [1.165, 1.54) is 12.8 Å². The first-order chi connectivity index (χ1) is 4.81. The van der Waals surface area contributed by atoms with E-state index in [1.807, 2.05) is 0 Å². The molecule has 0 aliphatic heterocycles. The topological polar surface area (TPSA) is 0 Å². The van der Waals surface area contributed by atoms with Crippen LogP contribution in [0.15, 0.2) is 0 Å². The zero-order valence-electron chi connectivity index (χ0n) is 6.52. The highest BCUT2D eigenvalue weighted by atomic mass is 127. The van der Waals surface area contributed by atoms with E-state index >= 15 is 0 Å². The minimum atomic E-state index is 1.03. The molecule has 10 heavy (non-hydrogen) atoms. The van der Waals surface area contributed by atoms with Crippen molar-refractivity contribution in [3.8, 4) is 0 Å². The second kappa shape index (κ2) is 2.65. The molecule has 0 aromatic carbocycles. The molecule has 0 aromatic rings. The maximum Gasteiger partial charge on any atom is 0.0143 e. The Morgan fingerprint density at radius 1 is 1.30 bits per heavy atom. The summed E-state index contributed by atoms with van der Waals surface area (Å²) in [5.74, 6) is 3.33. The highest BCUT2D eigenvalue weighted by molar-refractivity contribution is 14.1. The molecule has 2 bridgehead atoms. The number of alkyl halides is 1. The van der Waals surface area contributed by atoms with Crippen LogP contribution >= 0.6 is 22.6 Å². The van der Waals surface area contributed by atoms with Gasteiger partial charge in [-0.25, -0.2) is 0 Å². The molecule has 3 unspecified atom stereocenters. The molecule has 2 aliphatic carbocycles. The molecular weight excluding hydrogens is 235 g/mol. The van der Waals surface area contributed by atoms with Gasteiger partial charge in [-0.05, 0) is 37.0 Å². The minimum Gasteiger partial charge on any atom is -0.0823 e. The molecule has 2 rings (SSSR count). The fourth-order valence-corrected chi connectivity index (χ4v) is 4.47. The molecule has 0 spiro atoms. The second-order valence-corrected chi connectivity index (χ2v) is 5.52. The van der Waals surface area contributed by atoms with Crippen LogP contribution in [0.5, 0.6) is 0 Å². The van der Waals surface area contributed by atoms with Gasteiger partial charge in [0.15, 0.2) is 0 Å². The van der Waals surface area contributed by atoms with Crippen molar-refractivity contribution in [3.05, 3.63) is 0 Å². The third kappa shape index (κ3) is 1.01. The lowest BCUT2D eigenvalue weighted by atomic mass is 9.87. The lowest BCUT2D eigenvalue weighted by molar-refractivity contribution is 0.340. The van der Waals surface area contributed by atoms with E-state index in [0.29, 0.717) is 0 Å². The van der Waals surface area contributed by atoms with Gasteiger partial charge in [-0.2, -0.15) is 0 Å². The zero-order valence-corrected chi connectivity index (χ0v) is 8.67. The Kier molecular flexibility index (Phi) is 1.96. The molecule has 4 atom stereocenters. The van der Waals surface area contributed by atoms with Gasteiger partial charge in [0.1, 0.15) is 0 Å². The average molecular weight is 250 g/mol.